The van der Waals surface area contributed by atoms with Crippen LogP contribution in [0.4, 0.5) is 11.4 Å². The van der Waals surface area contributed by atoms with E-state index in [1.165, 1.54) is 0 Å². The van der Waals surface area contributed by atoms with Gasteiger partial charge in [0.25, 0.3) is 5.91 Å². The molecule has 0 fully saturated rings. The van der Waals surface area contributed by atoms with E-state index in [1.54, 1.807) is 19.1 Å². The second kappa shape index (κ2) is 8.33. The number of nitrogens with one attached hydrogen (secondary N) is 2. The summed E-state index contributed by atoms with van der Waals surface area (Å²) in [6, 6.07) is 11.1. The number of ether oxygens (including phenoxy) is 1. The average Bonchev–Trinajstić information content (AvgIpc) is 2.59. The summed E-state index contributed by atoms with van der Waals surface area (Å²) in [5, 5.41) is 5.61. The van der Waals surface area contributed by atoms with Crippen molar-refractivity contribution < 1.29 is 14.3 Å². The van der Waals surface area contributed by atoms with Crippen LogP contribution in [0, 0.1) is 20.8 Å². The summed E-state index contributed by atoms with van der Waals surface area (Å²) in [6.45, 7) is 7.59. The van der Waals surface area contributed by atoms with Crippen molar-refractivity contribution >= 4 is 23.2 Å². The van der Waals surface area contributed by atoms with E-state index >= 15 is 0 Å². The molecule has 0 spiro atoms. The van der Waals surface area contributed by atoms with Crippen molar-refractivity contribution in [2.24, 2.45) is 0 Å². The molecule has 5 heteroatoms. The van der Waals surface area contributed by atoms with E-state index < -0.39 is 0 Å². The van der Waals surface area contributed by atoms with Crippen molar-refractivity contribution in [1.29, 1.82) is 0 Å². The Bertz CT molecular complexity index is 785. The van der Waals surface area contributed by atoms with E-state index in [-0.39, 0.29) is 18.4 Å². The predicted octanol–water partition coefficient (Wildman–Crippen LogP) is 3.98. The lowest BCUT2D eigenvalue weighted by Gasteiger charge is -2.13. The van der Waals surface area contributed by atoms with Crippen LogP contribution in [0.5, 0.6) is 5.75 Å². The SMILES string of the molecule is CCC(=O)Nc1cc(NC(=O)COc2cccc(C)c2C)ccc1C. The van der Waals surface area contributed by atoms with Crippen molar-refractivity contribution in [3.05, 3.63) is 53.1 Å². The standard InChI is InChI=1S/C20H24N2O3/c1-5-19(23)22-17-11-16(10-9-14(17)3)21-20(24)12-25-18-8-6-7-13(2)15(18)4/h6-11H,5,12H2,1-4H3,(H,21,24)(H,22,23). The Morgan fingerprint density at radius 1 is 0.960 bits per heavy atom. The van der Waals surface area contributed by atoms with Gasteiger partial charge >= 0.3 is 0 Å². The fourth-order valence-electron chi connectivity index (χ4n) is 2.29. The Kier molecular flexibility index (Phi) is 6.17. The molecule has 0 aromatic heterocycles. The number of hydrogen-bond acceptors (Lipinski definition) is 3. The summed E-state index contributed by atoms with van der Waals surface area (Å²) in [6.07, 6.45) is 0.402. The molecule has 25 heavy (non-hydrogen) atoms. The van der Waals surface area contributed by atoms with E-state index in [4.69, 9.17) is 4.74 Å². The third kappa shape index (κ3) is 5.08. The quantitative estimate of drug-likeness (QED) is 0.836. The molecule has 132 valence electrons. The highest BCUT2D eigenvalue weighted by molar-refractivity contribution is 5.95. The van der Waals surface area contributed by atoms with E-state index in [9.17, 15) is 9.59 Å². The minimum Gasteiger partial charge on any atom is -0.483 e. The van der Waals surface area contributed by atoms with Crippen LogP contribution in [-0.4, -0.2) is 18.4 Å². The van der Waals surface area contributed by atoms with Crippen molar-refractivity contribution in [3.8, 4) is 5.75 Å². The number of hydrogen-bond donors (Lipinski definition) is 2. The van der Waals surface area contributed by atoms with Crippen LogP contribution in [0.25, 0.3) is 0 Å². The van der Waals surface area contributed by atoms with Gasteiger partial charge in [0.2, 0.25) is 5.91 Å². The first-order chi connectivity index (χ1) is 11.9. The lowest BCUT2D eigenvalue weighted by atomic mass is 10.1. The van der Waals surface area contributed by atoms with Gasteiger partial charge in [-0.15, -0.1) is 0 Å². The second-order valence-corrected chi connectivity index (χ2v) is 5.97. The molecule has 0 bridgehead atoms. The van der Waals surface area contributed by atoms with Crippen molar-refractivity contribution in [1.82, 2.24) is 0 Å². The van der Waals surface area contributed by atoms with E-state index in [0.717, 1.165) is 16.7 Å². The molecule has 2 aromatic rings. The van der Waals surface area contributed by atoms with Crippen molar-refractivity contribution in [2.45, 2.75) is 34.1 Å². The molecule has 0 aliphatic carbocycles. The summed E-state index contributed by atoms with van der Waals surface area (Å²) >= 11 is 0. The first kappa shape index (κ1) is 18.5. The molecular weight excluding hydrogens is 316 g/mol. The molecule has 5 nitrogen and oxygen atoms in total. The largest absolute Gasteiger partial charge is 0.483 e. The van der Waals surface area contributed by atoms with Gasteiger partial charge in [-0.25, -0.2) is 0 Å². The number of carbonyl (C=O) groups excluding carboxylic acids is 2. The Labute approximate surface area is 148 Å². The summed E-state index contributed by atoms with van der Waals surface area (Å²) in [5.41, 5.74) is 4.39. The van der Waals surface area contributed by atoms with E-state index in [2.05, 4.69) is 10.6 Å². The topological polar surface area (TPSA) is 67.4 Å². The minimum absolute atomic E-state index is 0.0650. The molecule has 0 aliphatic heterocycles. The third-order valence-corrected chi connectivity index (χ3v) is 4.03. The van der Waals surface area contributed by atoms with Crippen LogP contribution in [0.2, 0.25) is 0 Å². The summed E-state index contributed by atoms with van der Waals surface area (Å²) in [5.74, 6) is 0.386. The normalized spacial score (nSPS) is 10.2. The van der Waals surface area contributed by atoms with E-state index in [1.807, 2.05) is 45.0 Å². The molecule has 2 N–H and O–H groups in total. The van der Waals surface area contributed by atoms with Gasteiger partial charge in [-0.2, -0.15) is 0 Å². The number of aryl methyl sites for hydroxylation is 2. The molecular formula is C20H24N2O3. The van der Waals surface area contributed by atoms with Crippen LogP contribution in [-0.2, 0) is 9.59 Å². The number of carbonyl (C=O) groups is 2. The molecule has 0 unspecified atom stereocenters. The zero-order chi connectivity index (χ0) is 18.4. The summed E-state index contributed by atoms with van der Waals surface area (Å²) < 4.78 is 5.61. The highest BCUT2D eigenvalue weighted by Crippen LogP contribution is 2.22. The summed E-state index contributed by atoms with van der Waals surface area (Å²) in [4.78, 5) is 23.7. The van der Waals surface area contributed by atoms with Crippen LogP contribution in [0.1, 0.15) is 30.0 Å². The van der Waals surface area contributed by atoms with Crippen LogP contribution < -0.4 is 15.4 Å². The Balaban J connectivity index is 1.99. The monoisotopic (exact) mass is 340 g/mol. The van der Waals surface area contributed by atoms with Gasteiger partial charge < -0.3 is 15.4 Å². The molecule has 0 saturated heterocycles. The molecule has 2 aromatic carbocycles. The van der Waals surface area contributed by atoms with Crippen LogP contribution >= 0.6 is 0 Å². The lowest BCUT2D eigenvalue weighted by molar-refractivity contribution is -0.118. The number of anilines is 2. The highest BCUT2D eigenvalue weighted by Gasteiger charge is 2.09. The fourth-order valence-corrected chi connectivity index (χ4v) is 2.29. The second-order valence-electron chi connectivity index (χ2n) is 5.97. The smallest absolute Gasteiger partial charge is 0.262 e. The maximum Gasteiger partial charge on any atom is 0.262 e. The molecule has 2 amide bonds. The van der Waals surface area contributed by atoms with Gasteiger partial charge in [-0.1, -0.05) is 25.1 Å². The maximum absolute atomic E-state index is 12.1. The Morgan fingerprint density at radius 2 is 1.72 bits per heavy atom. The zero-order valence-corrected chi connectivity index (χ0v) is 15.1. The first-order valence-electron chi connectivity index (χ1n) is 8.30. The molecule has 0 saturated carbocycles. The molecule has 0 atom stereocenters. The van der Waals surface area contributed by atoms with Gasteiger partial charge in [0, 0.05) is 17.8 Å². The predicted molar refractivity (Wildman–Crippen MR) is 100 cm³/mol. The third-order valence-electron chi connectivity index (χ3n) is 4.03. The number of amides is 2. The number of rotatable bonds is 6. The highest BCUT2D eigenvalue weighted by atomic mass is 16.5. The average molecular weight is 340 g/mol. The van der Waals surface area contributed by atoms with Crippen molar-refractivity contribution in [3.63, 3.8) is 0 Å². The Morgan fingerprint density at radius 3 is 2.44 bits per heavy atom. The Hall–Kier alpha value is -2.82. The van der Waals surface area contributed by atoms with Gasteiger partial charge in [0.15, 0.2) is 6.61 Å². The zero-order valence-electron chi connectivity index (χ0n) is 15.1. The first-order valence-corrected chi connectivity index (χ1v) is 8.30. The van der Waals surface area contributed by atoms with E-state index in [0.29, 0.717) is 23.5 Å². The van der Waals surface area contributed by atoms with Crippen LogP contribution in [0.15, 0.2) is 36.4 Å². The van der Waals surface area contributed by atoms with Crippen molar-refractivity contribution in [2.75, 3.05) is 17.2 Å². The fraction of sp³-hybridized carbons (Fsp3) is 0.300. The molecule has 0 heterocycles. The lowest BCUT2D eigenvalue weighted by Crippen LogP contribution is -2.20. The van der Waals surface area contributed by atoms with Crippen LogP contribution in [0.3, 0.4) is 0 Å². The van der Waals surface area contributed by atoms with Gasteiger partial charge in [0.1, 0.15) is 5.75 Å². The van der Waals surface area contributed by atoms with Gasteiger partial charge in [-0.05, 0) is 55.7 Å². The number of benzene rings is 2. The van der Waals surface area contributed by atoms with Gasteiger partial charge in [0.05, 0.1) is 0 Å². The summed E-state index contributed by atoms with van der Waals surface area (Å²) in [7, 11) is 0. The maximum atomic E-state index is 12.1. The molecule has 2 rings (SSSR count). The molecule has 0 radical (unpaired) electrons. The minimum atomic E-state index is -0.252. The molecule has 0 aliphatic rings. The van der Waals surface area contributed by atoms with Gasteiger partial charge in [-0.3, -0.25) is 9.59 Å².